The van der Waals surface area contributed by atoms with Crippen molar-refractivity contribution >= 4 is 5.91 Å². The highest BCUT2D eigenvalue weighted by Gasteiger charge is 2.29. The molecule has 0 bridgehead atoms. The highest BCUT2D eigenvalue weighted by molar-refractivity contribution is 5.78. The van der Waals surface area contributed by atoms with Gasteiger partial charge in [-0.3, -0.25) is 9.78 Å². The largest absolute Gasteiger partial charge is 0.366 e. The normalized spacial score (nSPS) is 17.1. The highest BCUT2D eigenvalue weighted by atomic mass is 16.5. The summed E-state index contributed by atoms with van der Waals surface area (Å²) >= 11 is 0. The predicted molar refractivity (Wildman–Crippen MR) is 97.7 cm³/mol. The summed E-state index contributed by atoms with van der Waals surface area (Å²) in [6.45, 7) is 3.33. The van der Waals surface area contributed by atoms with E-state index in [0.29, 0.717) is 37.8 Å². The van der Waals surface area contributed by atoms with E-state index in [1.807, 2.05) is 49.4 Å². The lowest BCUT2D eigenvalue weighted by Gasteiger charge is -2.31. The third-order valence-electron chi connectivity index (χ3n) is 4.50. The first-order valence-corrected chi connectivity index (χ1v) is 8.89. The molecule has 1 aliphatic rings. The number of pyridine rings is 1. The van der Waals surface area contributed by atoms with E-state index < -0.39 is 0 Å². The van der Waals surface area contributed by atoms with Crippen LogP contribution < -0.4 is 0 Å². The van der Waals surface area contributed by atoms with Crippen LogP contribution in [0.15, 0.2) is 53.2 Å². The minimum atomic E-state index is -0.389. The van der Waals surface area contributed by atoms with Crippen LogP contribution in [0.25, 0.3) is 11.5 Å². The Balaban J connectivity index is 1.43. The molecule has 7 nitrogen and oxygen atoms in total. The number of hydrogen-bond donors (Lipinski definition) is 0. The van der Waals surface area contributed by atoms with E-state index in [-0.39, 0.29) is 12.0 Å². The topological polar surface area (TPSA) is 81.4 Å². The Kier molecular flexibility index (Phi) is 4.93. The van der Waals surface area contributed by atoms with E-state index in [0.717, 1.165) is 16.8 Å². The predicted octanol–water partition coefficient (Wildman–Crippen LogP) is 2.58. The average Bonchev–Trinajstić information content (AvgIpc) is 3.21. The summed E-state index contributed by atoms with van der Waals surface area (Å²) in [5.74, 6) is 0.951. The van der Waals surface area contributed by atoms with Crippen molar-refractivity contribution in [2.45, 2.75) is 19.4 Å². The summed E-state index contributed by atoms with van der Waals surface area (Å²) in [5, 5.41) is 4.04. The second-order valence-corrected chi connectivity index (χ2v) is 6.51. The molecule has 0 N–H and O–H groups in total. The molecular weight excluding hydrogens is 344 g/mol. The Bertz CT molecular complexity index is 908. The number of hydrogen-bond acceptors (Lipinski definition) is 6. The fourth-order valence-corrected chi connectivity index (χ4v) is 2.99. The van der Waals surface area contributed by atoms with Gasteiger partial charge in [0, 0.05) is 24.0 Å². The first-order valence-electron chi connectivity index (χ1n) is 8.89. The van der Waals surface area contributed by atoms with E-state index in [1.165, 1.54) is 0 Å². The second-order valence-electron chi connectivity index (χ2n) is 6.51. The molecule has 0 spiro atoms. The molecule has 0 saturated carbocycles. The number of nitrogens with zero attached hydrogens (tertiary/aromatic N) is 4. The van der Waals surface area contributed by atoms with Gasteiger partial charge in [0.25, 0.3) is 5.89 Å². The average molecular weight is 364 g/mol. The molecular formula is C20H20N4O3. The van der Waals surface area contributed by atoms with Crippen molar-refractivity contribution in [1.29, 1.82) is 0 Å². The molecule has 1 aliphatic heterocycles. The fraction of sp³-hybridized carbons (Fsp3) is 0.300. The lowest BCUT2D eigenvalue weighted by molar-refractivity contribution is -0.138. The molecule has 0 radical (unpaired) electrons. The zero-order chi connectivity index (χ0) is 18.6. The number of carbonyl (C=O) groups is 1. The maximum Gasteiger partial charge on any atom is 0.258 e. The third-order valence-corrected chi connectivity index (χ3v) is 4.50. The van der Waals surface area contributed by atoms with Gasteiger partial charge in [0.05, 0.1) is 19.6 Å². The molecule has 4 rings (SSSR count). The van der Waals surface area contributed by atoms with Gasteiger partial charge in [0.2, 0.25) is 11.7 Å². The summed E-state index contributed by atoms with van der Waals surface area (Å²) in [6.07, 6.45) is 1.68. The van der Waals surface area contributed by atoms with Crippen molar-refractivity contribution in [3.8, 4) is 11.5 Å². The third kappa shape index (κ3) is 4.03. The molecule has 27 heavy (non-hydrogen) atoms. The maximum absolute atomic E-state index is 12.6. The number of ether oxygens (including phenoxy) is 1. The van der Waals surface area contributed by atoms with Crippen LogP contribution in [-0.4, -0.2) is 45.6 Å². The molecule has 0 aliphatic carbocycles. The van der Waals surface area contributed by atoms with Crippen molar-refractivity contribution in [2.24, 2.45) is 0 Å². The number of aryl methyl sites for hydroxylation is 1. The molecule has 1 saturated heterocycles. The van der Waals surface area contributed by atoms with Crippen molar-refractivity contribution in [3.63, 3.8) is 0 Å². The highest BCUT2D eigenvalue weighted by Crippen LogP contribution is 2.24. The molecule has 1 aromatic carbocycles. The quantitative estimate of drug-likeness (QED) is 0.708. The Hall–Kier alpha value is -3.06. The van der Waals surface area contributed by atoms with Crippen molar-refractivity contribution in [2.75, 3.05) is 19.7 Å². The van der Waals surface area contributed by atoms with Crippen LogP contribution in [0.5, 0.6) is 0 Å². The first-order chi connectivity index (χ1) is 13.2. The lowest BCUT2D eigenvalue weighted by Crippen LogP contribution is -2.43. The number of rotatable bonds is 4. The number of benzene rings is 1. The van der Waals surface area contributed by atoms with Gasteiger partial charge in [0.1, 0.15) is 6.10 Å². The van der Waals surface area contributed by atoms with E-state index in [9.17, 15) is 4.79 Å². The van der Waals surface area contributed by atoms with Gasteiger partial charge in [-0.15, -0.1) is 0 Å². The summed E-state index contributed by atoms with van der Waals surface area (Å²) < 4.78 is 11.1. The molecule has 1 amide bonds. The van der Waals surface area contributed by atoms with Gasteiger partial charge in [-0.25, -0.2) is 0 Å². The summed E-state index contributed by atoms with van der Waals surface area (Å²) in [5.41, 5.74) is 2.69. The minimum Gasteiger partial charge on any atom is -0.366 e. The molecule has 2 aromatic heterocycles. The summed E-state index contributed by atoms with van der Waals surface area (Å²) in [7, 11) is 0. The van der Waals surface area contributed by atoms with Gasteiger partial charge >= 0.3 is 0 Å². The maximum atomic E-state index is 12.6. The van der Waals surface area contributed by atoms with Crippen LogP contribution >= 0.6 is 0 Å². The number of carbonyl (C=O) groups excluding carboxylic acids is 1. The number of amides is 1. The smallest absolute Gasteiger partial charge is 0.258 e. The van der Waals surface area contributed by atoms with E-state index in [1.54, 1.807) is 11.1 Å². The van der Waals surface area contributed by atoms with Crippen LogP contribution in [0.2, 0.25) is 0 Å². The van der Waals surface area contributed by atoms with Crippen molar-refractivity contribution < 1.29 is 14.1 Å². The fourth-order valence-electron chi connectivity index (χ4n) is 2.99. The molecule has 138 valence electrons. The van der Waals surface area contributed by atoms with E-state index >= 15 is 0 Å². The van der Waals surface area contributed by atoms with Gasteiger partial charge in [-0.05, 0) is 30.7 Å². The summed E-state index contributed by atoms with van der Waals surface area (Å²) in [4.78, 5) is 23.1. The van der Waals surface area contributed by atoms with Gasteiger partial charge in [0.15, 0.2) is 0 Å². The van der Waals surface area contributed by atoms with Gasteiger partial charge < -0.3 is 14.2 Å². The van der Waals surface area contributed by atoms with Crippen LogP contribution in [0, 0.1) is 6.92 Å². The van der Waals surface area contributed by atoms with Crippen molar-refractivity contribution in [3.05, 3.63) is 65.7 Å². The zero-order valence-corrected chi connectivity index (χ0v) is 15.0. The minimum absolute atomic E-state index is 0.0423. The Morgan fingerprint density at radius 2 is 2.07 bits per heavy atom. The number of morpholine rings is 1. The second kappa shape index (κ2) is 7.67. The molecule has 0 unspecified atom stereocenters. The first kappa shape index (κ1) is 17.4. The van der Waals surface area contributed by atoms with Gasteiger partial charge in [-0.1, -0.05) is 29.4 Å². The summed E-state index contributed by atoms with van der Waals surface area (Å²) in [6, 6.07) is 13.4. The molecule has 1 fully saturated rings. The lowest BCUT2D eigenvalue weighted by atomic mass is 10.1. The molecule has 3 aromatic rings. The molecule has 3 heterocycles. The van der Waals surface area contributed by atoms with Crippen molar-refractivity contribution in [1.82, 2.24) is 20.0 Å². The molecule has 7 heteroatoms. The Morgan fingerprint density at radius 3 is 2.85 bits per heavy atom. The zero-order valence-electron chi connectivity index (χ0n) is 15.0. The number of aromatic nitrogens is 3. The van der Waals surface area contributed by atoms with Crippen LogP contribution in [-0.2, 0) is 16.0 Å². The van der Waals surface area contributed by atoms with E-state index in [4.69, 9.17) is 9.26 Å². The van der Waals surface area contributed by atoms with Crippen LogP contribution in [0.3, 0.4) is 0 Å². The standard InChI is InChI=1S/C20H20N4O3/c1-14-7-8-15(12-21-14)11-18(25)24-9-10-26-17(13-24)19-22-20(27-23-19)16-5-3-2-4-6-16/h2-8,12,17H,9-11,13H2,1H3/t17-/m1/s1. The van der Waals surface area contributed by atoms with E-state index in [2.05, 4.69) is 15.1 Å². The van der Waals surface area contributed by atoms with Crippen LogP contribution in [0.4, 0.5) is 0 Å². The monoisotopic (exact) mass is 364 g/mol. The Labute approximate surface area is 157 Å². The SMILES string of the molecule is Cc1ccc(CC(=O)N2CCO[C@@H](c3noc(-c4ccccc4)n3)C2)cn1. The Morgan fingerprint density at radius 1 is 1.22 bits per heavy atom. The molecule has 1 atom stereocenters. The van der Waals surface area contributed by atoms with Crippen LogP contribution in [0.1, 0.15) is 23.2 Å². The van der Waals surface area contributed by atoms with Gasteiger partial charge in [-0.2, -0.15) is 4.98 Å².